The lowest BCUT2D eigenvalue weighted by atomic mass is 9.86. The van der Waals surface area contributed by atoms with Crippen molar-refractivity contribution in [3.8, 4) is 0 Å². The molecule has 0 atom stereocenters. The Hall–Kier alpha value is -1.24. The summed E-state index contributed by atoms with van der Waals surface area (Å²) >= 11 is 0. The van der Waals surface area contributed by atoms with Crippen molar-refractivity contribution in [2.24, 2.45) is 0 Å². The van der Waals surface area contributed by atoms with Crippen LogP contribution in [0.4, 0.5) is 5.69 Å². The molecular weight excluding hydrogens is 194 g/mol. The van der Waals surface area contributed by atoms with Crippen LogP contribution in [0.3, 0.4) is 0 Å². The molecule has 0 unspecified atom stereocenters. The van der Waals surface area contributed by atoms with Crippen molar-refractivity contribution in [2.75, 3.05) is 11.9 Å². The third-order valence-corrected chi connectivity index (χ3v) is 2.54. The van der Waals surface area contributed by atoms with Gasteiger partial charge >= 0.3 is 0 Å². The molecule has 0 aromatic heterocycles. The predicted octanol–water partition coefficient (Wildman–Crippen LogP) is 4.36. The lowest BCUT2D eigenvalue weighted by Crippen LogP contribution is -2.14. The Kier molecular flexibility index (Phi) is 4.17. The van der Waals surface area contributed by atoms with Gasteiger partial charge in [-0.25, -0.2) is 0 Å². The third kappa shape index (κ3) is 3.73. The van der Waals surface area contributed by atoms with E-state index in [2.05, 4.69) is 70.3 Å². The molecule has 0 saturated carbocycles. The fourth-order valence-electron chi connectivity index (χ4n) is 1.66. The summed E-state index contributed by atoms with van der Waals surface area (Å²) in [6.45, 7) is 11.9. The second kappa shape index (κ2) is 5.20. The first kappa shape index (κ1) is 12.8. The van der Waals surface area contributed by atoms with E-state index in [1.165, 1.54) is 16.8 Å². The average molecular weight is 217 g/mol. The highest BCUT2D eigenvalue weighted by Crippen LogP contribution is 2.28. The number of para-hydroxylation sites is 1. The fourth-order valence-corrected chi connectivity index (χ4v) is 1.66. The summed E-state index contributed by atoms with van der Waals surface area (Å²) < 4.78 is 0. The first-order valence-corrected chi connectivity index (χ1v) is 5.88. The van der Waals surface area contributed by atoms with Gasteiger partial charge in [0, 0.05) is 12.2 Å². The van der Waals surface area contributed by atoms with Gasteiger partial charge in [0.2, 0.25) is 0 Å². The summed E-state index contributed by atoms with van der Waals surface area (Å²) in [7, 11) is 0. The standard InChI is InChI=1S/C15H23N/c1-12(2)10-11-16-14-9-7-6-8-13(14)15(3,4)5/h6-10,16H,11H2,1-5H3. The fraction of sp³-hybridized carbons (Fsp3) is 0.467. The number of allylic oxidation sites excluding steroid dienone is 1. The molecular formula is C15H23N. The van der Waals surface area contributed by atoms with Crippen molar-refractivity contribution >= 4 is 5.69 Å². The van der Waals surface area contributed by atoms with Crippen LogP contribution in [-0.4, -0.2) is 6.54 Å². The van der Waals surface area contributed by atoms with Crippen molar-refractivity contribution in [2.45, 2.75) is 40.0 Å². The van der Waals surface area contributed by atoms with Crippen molar-refractivity contribution in [1.29, 1.82) is 0 Å². The van der Waals surface area contributed by atoms with Crippen LogP contribution in [0.1, 0.15) is 40.2 Å². The molecule has 1 N–H and O–H groups in total. The van der Waals surface area contributed by atoms with Gasteiger partial charge in [-0.15, -0.1) is 0 Å². The molecule has 0 bridgehead atoms. The lowest BCUT2D eigenvalue weighted by Gasteiger charge is -2.23. The number of hydrogen-bond donors (Lipinski definition) is 1. The predicted molar refractivity (Wildman–Crippen MR) is 73.1 cm³/mol. The zero-order valence-corrected chi connectivity index (χ0v) is 11.1. The highest BCUT2D eigenvalue weighted by Gasteiger charge is 2.16. The van der Waals surface area contributed by atoms with E-state index in [1.54, 1.807) is 0 Å². The maximum Gasteiger partial charge on any atom is 0.0380 e. The van der Waals surface area contributed by atoms with E-state index in [4.69, 9.17) is 0 Å². The zero-order valence-electron chi connectivity index (χ0n) is 11.1. The number of nitrogens with one attached hydrogen (secondary N) is 1. The minimum Gasteiger partial charge on any atom is -0.381 e. The molecule has 0 fully saturated rings. The third-order valence-electron chi connectivity index (χ3n) is 2.54. The van der Waals surface area contributed by atoms with Crippen molar-refractivity contribution in [3.05, 3.63) is 41.5 Å². The molecule has 0 heterocycles. The number of hydrogen-bond acceptors (Lipinski definition) is 1. The molecule has 1 aromatic rings. The van der Waals surface area contributed by atoms with Crippen LogP contribution in [0.5, 0.6) is 0 Å². The van der Waals surface area contributed by atoms with E-state index >= 15 is 0 Å². The summed E-state index contributed by atoms with van der Waals surface area (Å²) in [5.41, 5.74) is 4.15. The van der Waals surface area contributed by atoms with Crippen LogP contribution < -0.4 is 5.32 Å². The van der Waals surface area contributed by atoms with Crippen LogP contribution in [0.15, 0.2) is 35.9 Å². The van der Waals surface area contributed by atoms with Gasteiger partial charge in [-0.05, 0) is 30.9 Å². The van der Waals surface area contributed by atoms with Crippen LogP contribution in [0, 0.1) is 0 Å². The van der Waals surface area contributed by atoms with Crippen LogP contribution in [-0.2, 0) is 5.41 Å². The Bertz CT molecular complexity index is 365. The van der Waals surface area contributed by atoms with Gasteiger partial charge < -0.3 is 5.32 Å². The molecule has 0 radical (unpaired) electrons. The molecule has 16 heavy (non-hydrogen) atoms. The van der Waals surface area contributed by atoms with Crippen molar-refractivity contribution in [3.63, 3.8) is 0 Å². The Labute approximate surface area is 99.6 Å². The topological polar surface area (TPSA) is 12.0 Å². The second-order valence-corrected chi connectivity index (χ2v) is 5.46. The van der Waals surface area contributed by atoms with Crippen LogP contribution in [0.25, 0.3) is 0 Å². The molecule has 1 aromatic carbocycles. The smallest absolute Gasteiger partial charge is 0.0380 e. The monoisotopic (exact) mass is 217 g/mol. The van der Waals surface area contributed by atoms with E-state index in [0.29, 0.717) is 0 Å². The molecule has 88 valence electrons. The highest BCUT2D eigenvalue weighted by molar-refractivity contribution is 5.54. The minimum absolute atomic E-state index is 0.189. The highest BCUT2D eigenvalue weighted by atomic mass is 14.9. The Morgan fingerprint density at radius 3 is 2.38 bits per heavy atom. The molecule has 0 aliphatic carbocycles. The van der Waals surface area contributed by atoms with E-state index in [-0.39, 0.29) is 5.41 Å². The van der Waals surface area contributed by atoms with E-state index in [1.807, 2.05) is 0 Å². The van der Waals surface area contributed by atoms with Gasteiger partial charge in [0.05, 0.1) is 0 Å². The van der Waals surface area contributed by atoms with Crippen LogP contribution >= 0.6 is 0 Å². The largest absolute Gasteiger partial charge is 0.381 e. The summed E-state index contributed by atoms with van der Waals surface area (Å²) in [4.78, 5) is 0. The SMILES string of the molecule is CC(C)=CCNc1ccccc1C(C)(C)C. The summed E-state index contributed by atoms with van der Waals surface area (Å²) in [5, 5.41) is 3.47. The Morgan fingerprint density at radius 2 is 1.81 bits per heavy atom. The van der Waals surface area contributed by atoms with Crippen molar-refractivity contribution < 1.29 is 0 Å². The quantitative estimate of drug-likeness (QED) is 0.742. The average Bonchev–Trinajstić information content (AvgIpc) is 2.16. The maximum absolute atomic E-state index is 3.47. The molecule has 1 nitrogen and oxygen atoms in total. The second-order valence-electron chi connectivity index (χ2n) is 5.46. The van der Waals surface area contributed by atoms with E-state index in [0.717, 1.165) is 6.54 Å². The van der Waals surface area contributed by atoms with Gasteiger partial charge in [0.25, 0.3) is 0 Å². The van der Waals surface area contributed by atoms with Gasteiger partial charge in [-0.3, -0.25) is 0 Å². The Balaban J connectivity index is 2.84. The molecule has 0 spiro atoms. The summed E-state index contributed by atoms with van der Waals surface area (Å²) in [6, 6.07) is 8.54. The lowest BCUT2D eigenvalue weighted by molar-refractivity contribution is 0.592. The number of benzene rings is 1. The number of rotatable bonds is 3. The Morgan fingerprint density at radius 1 is 1.19 bits per heavy atom. The molecule has 0 aliphatic rings. The summed E-state index contributed by atoms with van der Waals surface area (Å²) in [5.74, 6) is 0. The van der Waals surface area contributed by atoms with Crippen LogP contribution in [0.2, 0.25) is 0 Å². The molecule has 1 rings (SSSR count). The molecule has 0 amide bonds. The van der Waals surface area contributed by atoms with Crippen molar-refractivity contribution in [1.82, 2.24) is 0 Å². The van der Waals surface area contributed by atoms with Gasteiger partial charge in [0.15, 0.2) is 0 Å². The van der Waals surface area contributed by atoms with Gasteiger partial charge in [-0.1, -0.05) is 50.6 Å². The first-order valence-electron chi connectivity index (χ1n) is 5.88. The summed E-state index contributed by atoms with van der Waals surface area (Å²) in [6.07, 6.45) is 2.21. The van der Waals surface area contributed by atoms with Gasteiger partial charge in [0.1, 0.15) is 0 Å². The minimum atomic E-state index is 0.189. The van der Waals surface area contributed by atoms with Gasteiger partial charge in [-0.2, -0.15) is 0 Å². The number of anilines is 1. The van der Waals surface area contributed by atoms with E-state index in [9.17, 15) is 0 Å². The molecule has 0 aliphatic heterocycles. The normalized spacial score (nSPS) is 11.1. The molecule has 0 saturated heterocycles. The first-order chi connectivity index (χ1) is 7.41. The van der Waals surface area contributed by atoms with E-state index < -0.39 is 0 Å². The zero-order chi connectivity index (χ0) is 12.2. The maximum atomic E-state index is 3.47. The molecule has 1 heteroatoms.